The monoisotopic (exact) mass is 366 g/mol. The van der Waals surface area contributed by atoms with Crippen molar-refractivity contribution in [3.05, 3.63) is 28.8 Å². The number of rotatable bonds is 2. The van der Waals surface area contributed by atoms with Crippen molar-refractivity contribution in [3.8, 4) is 5.75 Å². The lowest BCUT2D eigenvalue weighted by atomic mass is 9.95. The van der Waals surface area contributed by atoms with Crippen LogP contribution in [0.25, 0.3) is 0 Å². The van der Waals surface area contributed by atoms with E-state index in [-0.39, 0.29) is 5.60 Å². The van der Waals surface area contributed by atoms with E-state index in [9.17, 15) is 5.11 Å². The molecule has 1 aromatic rings. The molecule has 2 heterocycles. The Morgan fingerprint density at radius 1 is 0.960 bits per heavy atom. The molecule has 4 unspecified atom stereocenters. The van der Waals surface area contributed by atoms with Crippen LogP contribution in [0.5, 0.6) is 5.75 Å². The first-order valence-corrected chi connectivity index (χ1v) is 10.2. The lowest BCUT2D eigenvalue weighted by molar-refractivity contribution is -0.360. The van der Waals surface area contributed by atoms with Gasteiger partial charge in [-0.1, -0.05) is 17.7 Å². The highest BCUT2D eigenvalue weighted by molar-refractivity contribution is 7.56. The Labute approximate surface area is 152 Å². The molecule has 2 saturated heterocycles. The van der Waals surface area contributed by atoms with E-state index in [0.717, 1.165) is 16.9 Å². The van der Waals surface area contributed by atoms with Crippen molar-refractivity contribution in [2.24, 2.45) is 0 Å². The molecule has 2 aliphatic rings. The van der Waals surface area contributed by atoms with E-state index in [2.05, 4.69) is 53.7 Å². The molecule has 2 aliphatic heterocycles. The highest BCUT2D eigenvalue weighted by Gasteiger charge is 2.64. The van der Waals surface area contributed by atoms with Crippen LogP contribution in [0.2, 0.25) is 0 Å². The number of fused-ring (bicyclic) bond motifs is 2. The first-order valence-electron chi connectivity index (χ1n) is 8.94. The summed E-state index contributed by atoms with van der Waals surface area (Å²) in [5, 5.41) is 9.72. The summed E-state index contributed by atoms with van der Waals surface area (Å²) in [6.07, 6.45) is 1.08. The molecular formula is C20H31O4P. The van der Waals surface area contributed by atoms with Crippen LogP contribution < -0.4 is 4.52 Å². The van der Waals surface area contributed by atoms with Crippen LogP contribution in [0.1, 0.15) is 64.2 Å². The summed E-state index contributed by atoms with van der Waals surface area (Å²) >= 11 is 0. The average Bonchev–Trinajstić information content (AvgIpc) is 2.30. The standard InChI is InChI=1S/C20H31O4P/c1-13-9-14(2)16(15(3)10-13)22-25-18(6,21)12-19(7)23-17(4,5)11-20(25,8)24-19/h9-10,21H,11-12H2,1-8H3. The molecule has 3 rings (SSSR count). The van der Waals surface area contributed by atoms with Gasteiger partial charge in [0.1, 0.15) is 16.4 Å². The fourth-order valence-electron chi connectivity index (χ4n) is 4.90. The van der Waals surface area contributed by atoms with Crippen molar-refractivity contribution in [2.75, 3.05) is 0 Å². The SMILES string of the molecule is Cc1cc(C)c(OP2C(C)(O)CC3(C)OC(C)(C)CC2(C)O3)c(C)c1. The lowest BCUT2D eigenvalue weighted by Crippen LogP contribution is -2.63. The second-order valence-electron chi connectivity index (χ2n) is 8.96. The third kappa shape index (κ3) is 3.47. The van der Waals surface area contributed by atoms with E-state index in [1.807, 2.05) is 13.8 Å². The largest absolute Gasteiger partial charge is 0.468 e. The highest BCUT2D eigenvalue weighted by atomic mass is 31.1. The van der Waals surface area contributed by atoms with E-state index in [0.29, 0.717) is 12.8 Å². The van der Waals surface area contributed by atoms with Crippen LogP contribution in [0, 0.1) is 20.8 Å². The number of benzene rings is 1. The van der Waals surface area contributed by atoms with Crippen molar-refractivity contribution in [2.45, 2.75) is 90.3 Å². The van der Waals surface area contributed by atoms with E-state index >= 15 is 0 Å². The summed E-state index contributed by atoms with van der Waals surface area (Å²) < 4.78 is 19.1. The Bertz CT molecular complexity index is 668. The van der Waals surface area contributed by atoms with Gasteiger partial charge in [-0.2, -0.15) is 0 Å². The van der Waals surface area contributed by atoms with Crippen LogP contribution in [0.4, 0.5) is 0 Å². The number of ether oxygens (including phenoxy) is 2. The fourth-order valence-corrected chi connectivity index (χ4v) is 8.02. The van der Waals surface area contributed by atoms with Crippen LogP contribution >= 0.6 is 8.15 Å². The smallest absolute Gasteiger partial charge is 0.170 e. The van der Waals surface area contributed by atoms with E-state index in [1.165, 1.54) is 5.56 Å². The molecule has 0 saturated carbocycles. The Balaban J connectivity index is 2.03. The molecule has 5 heteroatoms. The second-order valence-corrected chi connectivity index (χ2v) is 11.6. The Hall–Kier alpha value is -0.670. The van der Waals surface area contributed by atoms with E-state index in [4.69, 9.17) is 14.0 Å². The predicted octanol–water partition coefficient (Wildman–Crippen LogP) is 5.15. The number of hydrogen-bond acceptors (Lipinski definition) is 4. The third-order valence-electron chi connectivity index (χ3n) is 4.99. The van der Waals surface area contributed by atoms with Gasteiger partial charge in [0.05, 0.1) is 5.60 Å². The molecule has 0 aliphatic carbocycles. The van der Waals surface area contributed by atoms with Crippen molar-refractivity contribution >= 4 is 8.15 Å². The minimum absolute atomic E-state index is 0.320. The Morgan fingerprint density at radius 2 is 1.52 bits per heavy atom. The van der Waals surface area contributed by atoms with Crippen molar-refractivity contribution in [1.29, 1.82) is 0 Å². The van der Waals surface area contributed by atoms with Crippen LogP contribution in [0.15, 0.2) is 12.1 Å². The average molecular weight is 366 g/mol. The third-order valence-corrected chi connectivity index (χ3v) is 7.50. The molecule has 0 spiro atoms. The van der Waals surface area contributed by atoms with Crippen LogP contribution in [-0.4, -0.2) is 27.2 Å². The highest BCUT2D eigenvalue weighted by Crippen LogP contribution is 2.70. The van der Waals surface area contributed by atoms with Gasteiger partial charge in [-0.05, 0) is 66.5 Å². The maximum atomic E-state index is 11.3. The lowest BCUT2D eigenvalue weighted by Gasteiger charge is -2.60. The van der Waals surface area contributed by atoms with Crippen molar-refractivity contribution < 1.29 is 19.1 Å². The maximum absolute atomic E-state index is 11.3. The molecule has 0 radical (unpaired) electrons. The Morgan fingerprint density at radius 3 is 2.08 bits per heavy atom. The summed E-state index contributed by atoms with van der Waals surface area (Å²) in [5.74, 6) is 0.0780. The minimum Gasteiger partial charge on any atom is -0.468 e. The van der Waals surface area contributed by atoms with Crippen molar-refractivity contribution in [1.82, 2.24) is 0 Å². The van der Waals surface area contributed by atoms with Gasteiger partial charge >= 0.3 is 0 Å². The summed E-state index contributed by atoms with van der Waals surface area (Å²) in [6, 6.07) is 4.25. The summed E-state index contributed by atoms with van der Waals surface area (Å²) in [7, 11) is -1.29. The molecule has 0 aromatic heterocycles. The molecule has 1 N–H and O–H groups in total. The zero-order chi connectivity index (χ0) is 18.8. The van der Waals surface area contributed by atoms with Crippen LogP contribution in [0.3, 0.4) is 0 Å². The van der Waals surface area contributed by atoms with Crippen molar-refractivity contribution in [3.63, 3.8) is 0 Å². The zero-order valence-electron chi connectivity index (χ0n) is 16.7. The first kappa shape index (κ1) is 19.1. The van der Waals surface area contributed by atoms with Gasteiger partial charge in [-0.25, -0.2) is 0 Å². The maximum Gasteiger partial charge on any atom is 0.170 e. The molecule has 4 atom stereocenters. The van der Waals surface area contributed by atoms with Gasteiger partial charge in [0, 0.05) is 12.8 Å². The molecular weight excluding hydrogens is 335 g/mol. The molecule has 0 amide bonds. The predicted molar refractivity (Wildman–Crippen MR) is 101 cm³/mol. The normalized spacial score (nSPS) is 40.0. The molecule has 2 fully saturated rings. The second kappa shape index (κ2) is 5.66. The van der Waals surface area contributed by atoms with E-state index in [1.54, 1.807) is 0 Å². The number of aliphatic hydroxyl groups is 1. The van der Waals surface area contributed by atoms with E-state index < -0.39 is 24.6 Å². The quantitative estimate of drug-likeness (QED) is 0.736. The molecule has 25 heavy (non-hydrogen) atoms. The van der Waals surface area contributed by atoms with Gasteiger partial charge in [0.2, 0.25) is 0 Å². The number of hydrogen-bond donors (Lipinski definition) is 1. The molecule has 4 nitrogen and oxygen atoms in total. The van der Waals surface area contributed by atoms with Gasteiger partial charge in [-0.15, -0.1) is 0 Å². The summed E-state index contributed by atoms with van der Waals surface area (Å²) in [4.78, 5) is 0. The number of aryl methyl sites for hydroxylation is 3. The van der Waals surface area contributed by atoms with Gasteiger partial charge in [0.25, 0.3) is 0 Å². The molecule has 1 aromatic carbocycles. The van der Waals surface area contributed by atoms with Gasteiger partial charge in [-0.3, -0.25) is 0 Å². The summed E-state index contributed by atoms with van der Waals surface area (Å²) in [5.41, 5.74) is 3.09. The minimum atomic E-state index is -1.29. The molecule has 140 valence electrons. The summed E-state index contributed by atoms with van der Waals surface area (Å²) in [6.45, 7) is 16.2. The van der Waals surface area contributed by atoms with Gasteiger partial charge in [0.15, 0.2) is 13.9 Å². The fraction of sp³-hybridized carbons (Fsp3) is 0.700. The van der Waals surface area contributed by atoms with Crippen LogP contribution in [-0.2, 0) is 9.47 Å². The zero-order valence-corrected chi connectivity index (χ0v) is 17.6. The topological polar surface area (TPSA) is 47.9 Å². The molecule has 2 bridgehead atoms. The van der Waals surface area contributed by atoms with Gasteiger partial charge < -0.3 is 19.1 Å². The Kier molecular flexibility index (Phi) is 4.33. The first-order chi connectivity index (χ1) is 11.3.